The Morgan fingerprint density at radius 2 is 1.81 bits per heavy atom. The van der Waals surface area contributed by atoms with Crippen molar-refractivity contribution in [2.24, 2.45) is 4.99 Å². The molecule has 0 amide bonds. The van der Waals surface area contributed by atoms with E-state index in [1.165, 1.54) is 6.07 Å². The van der Waals surface area contributed by atoms with Gasteiger partial charge in [0.15, 0.2) is 5.78 Å². The van der Waals surface area contributed by atoms with E-state index in [9.17, 15) is 9.18 Å². The molecular weight excluding hydrogens is 341 g/mol. The largest absolute Gasteiger partial charge is 0.366 e. The fraction of sp³-hybridized carbons (Fsp3) is 0.364. The zero-order valence-electron chi connectivity index (χ0n) is 17.0. The van der Waals surface area contributed by atoms with Gasteiger partial charge in [-0.15, -0.1) is 0 Å². The summed E-state index contributed by atoms with van der Waals surface area (Å²) in [7, 11) is 3.70. The molecule has 0 spiro atoms. The molecule has 0 unspecified atom stereocenters. The highest BCUT2D eigenvalue weighted by Gasteiger charge is 2.17. The molecule has 0 aliphatic heterocycles. The lowest BCUT2D eigenvalue weighted by Crippen LogP contribution is -2.27. The Kier molecular flexibility index (Phi) is 6.72. The number of ketones is 1. The van der Waals surface area contributed by atoms with Gasteiger partial charge in [-0.25, -0.2) is 9.38 Å². The van der Waals surface area contributed by atoms with Crippen LogP contribution >= 0.6 is 0 Å². The van der Waals surface area contributed by atoms with E-state index in [4.69, 9.17) is 0 Å². The van der Waals surface area contributed by atoms with Gasteiger partial charge in [-0.3, -0.25) is 4.79 Å². The minimum Gasteiger partial charge on any atom is -0.366 e. The molecule has 2 aromatic rings. The van der Waals surface area contributed by atoms with E-state index in [0.29, 0.717) is 11.3 Å². The van der Waals surface area contributed by atoms with Crippen molar-refractivity contribution in [2.75, 3.05) is 32.1 Å². The van der Waals surface area contributed by atoms with Crippen LogP contribution in [0.3, 0.4) is 0 Å². The molecule has 0 saturated heterocycles. The Labute approximate surface area is 161 Å². The minimum absolute atomic E-state index is 0.0399. The monoisotopic (exact) mass is 369 g/mol. The lowest BCUT2D eigenvalue weighted by molar-refractivity contribution is 0.0999. The van der Waals surface area contributed by atoms with E-state index >= 15 is 0 Å². The van der Waals surface area contributed by atoms with Crippen LogP contribution in [0.2, 0.25) is 0 Å². The van der Waals surface area contributed by atoms with Crippen LogP contribution in [0.5, 0.6) is 0 Å². The number of aryl methyl sites for hydroxylation is 3. The number of halogens is 1. The molecule has 0 heterocycles. The first-order chi connectivity index (χ1) is 12.7. The summed E-state index contributed by atoms with van der Waals surface area (Å²) < 4.78 is 14.2. The third kappa shape index (κ3) is 4.94. The molecule has 2 aromatic carbocycles. The molecule has 144 valence electrons. The molecule has 0 fully saturated rings. The van der Waals surface area contributed by atoms with Crippen molar-refractivity contribution in [1.82, 2.24) is 4.90 Å². The van der Waals surface area contributed by atoms with E-state index in [-0.39, 0.29) is 18.1 Å². The van der Waals surface area contributed by atoms with Crippen LogP contribution in [0.1, 0.15) is 34.0 Å². The molecule has 0 aliphatic rings. The van der Waals surface area contributed by atoms with Crippen LogP contribution in [0.25, 0.3) is 0 Å². The van der Waals surface area contributed by atoms with Gasteiger partial charge in [0.25, 0.3) is 0 Å². The molecule has 0 bridgehead atoms. The van der Waals surface area contributed by atoms with Crippen LogP contribution in [0.4, 0.5) is 15.8 Å². The number of carbonyl (C=O) groups excluding carboxylic acids is 1. The summed E-state index contributed by atoms with van der Waals surface area (Å²) in [5.74, 6) is -0.357. The van der Waals surface area contributed by atoms with E-state index in [0.717, 1.165) is 28.9 Å². The van der Waals surface area contributed by atoms with Crippen molar-refractivity contribution in [3.05, 3.63) is 58.4 Å². The average molecular weight is 369 g/mol. The van der Waals surface area contributed by atoms with Crippen molar-refractivity contribution < 1.29 is 9.18 Å². The summed E-state index contributed by atoms with van der Waals surface area (Å²) in [6, 6.07) is 8.73. The zero-order chi connectivity index (χ0) is 20.1. The predicted octanol–water partition coefficient (Wildman–Crippen LogP) is 4.68. The number of likely N-dealkylation sites (N-methyl/N-ethyl adjacent to an activating group) is 1. The highest BCUT2D eigenvalue weighted by atomic mass is 19.1. The van der Waals surface area contributed by atoms with Gasteiger partial charge < -0.3 is 9.80 Å². The van der Waals surface area contributed by atoms with Gasteiger partial charge in [0.2, 0.25) is 0 Å². The van der Waals surface area contributed by atoms with Gasteiger partial charge in [0.1, 0.15) is 5.82 Å². The SMILES string of the molecule is CCN(C)C=Nc1cc(C)c(C(=O)CN(C)c2c(C)cccc2F)cc1C. The van der Waals surface area contributed by atoms with Gasteiger partial charge in [-0.2, -0.15) is 0 Å². The first-order valence-corrected chi connectivity index (χ1v) is 9.09. The van der Waals surface area contributed by atoms with E-state index < -0.39 is 0 Å². The summed E-state index contributed by atoms with van der Waals surface area (Å²) in [6.45, 7) is 8.74. The average Bonchev–Trinajstić information content (AvgIpc) is 2.61. The van der Waals surface area contributed by atoms with Crippen LogP contribution in [-0.2, 0) is 0 Å². The maximum Gasteiger partial charge on any atom is 0.182 e. The fourth-order valence-corrected chi connectivity index (χ4v) is 2.97. The Morgan fingerprint density at radius 3 is 2.44 bits per heavy atom. The van der Waals surface area contributed by atoms with Gasteiger partial charge in [0.05, 0.1) is 24.3 Å². The third-order valence-electron chi connectivity index (χ3n) is 4.69. The van der Waals surface area contributed by atoms with E-state index in [1.807, 2.05) is 50.9 Å². The molecule has 4 nitrogen and oxygen atoms in total. The number of Topliss-reactive ketones (excluding diaryl/α,β-unsaturated/α-hetero) is 1. The second-order valence-electron chi connectivity index (χ2n) is 6.96. The van der Waals surface area contributed by atoms with Crippen LogP contribution in [-0.4, -0.2) is 44.2 Å². The number of aliphatic imine (C=N–C) groups is 1. The highest BCUT2D eigenvalue weighted by Crippen LogP contribution is 2.26. The standard InChI is InChI=1S/C22H28FN3O/c1-7-25(5)14-24-20-12-16(3)18(11-17(20)4)21(27)13-26(6)22-15(2)9-8-10-19(22)23/h8-12,14H,7,13H2,1-6H3. The van der Waals surface area contributed by atoms with Crippen LogP contribution in [0, 0.1) is 26.6 Å². The first kappa shape index (κ1) is 20.6. The number of hydrogen-bond acceptors (Lipinski definition) is 3. The van der Waals surface area contributed by atoms with Crippen molar-refractivity contribution >= 4 is 23.5 Å². The molecular formula is C22H28FN3O. The molecule has 27 heavy (non-hydrogen) atoms. The predicted molar refractivity (Wildman–Crippen MR) is 111 cm³/mol. The normalized spacial score (nSPS) is 11.1. The van der Waals surface area contributed by atoms with Crippen LogP contribution < -0.4 is 4.90 Å². The Morgan fingerprint density at radius 1 is 1.11 bits per heavy atom. The number of benzene rings is 2. The number of rotatable bonds is 7. The summed E-state index contributed by atoms with van der Waals surface area (Å²) >= 11 is 0. The Bertz CT molecular complexity index is 841. The van der Waals surface area contributed by atoms with E-state index in [1.54, 1.807) is 24.4 Å². The third-order valence-corrected chi connectivity index (χ3v) is 4.69. The molecule has 0 saturated carbocycles. The fourth-order valence-electron chi connectivity index (χ4n) is 2.97. The molecule has 5 heteroatoms. The van der Waals surface area contributed by atoms with E-state index in [2.05, 4.69) is 11.9 Å². The van der Waals surface area contributed by atoms with Crippen molar-refractivity contribution in [1.29, 1.82) is 0 Å². The molecule has 2 rings (SSSR count). The molecule has 0 radical (unpaired) electrons. The lowest BCUT2D eigenvalue weighted by atomic mass is 10.00. The minimum atomic E-state index is -0.317. The van der Waals surface area contributed by atoms with Crippen molar-refractivity contribution in [2.45, 2.75) is 27.7 Å². The number of para-hydroxylation sites is 1. The quantitative estimate of drug-likeness (QED) is 0.404. The number of nitrogens with zero attached hydrogens (tertiary/aromatic N) is 3. The number of hydrogen-bond donors (Lipinski definition) is 0. The molecule has 0 N–H and O–H groups in total. The smallest absolute Gasteiger partial charge is 0.182 e. The first-order valence-electron chi connectivity index (χ1n) is 9.09. The van der Waals surface area contributed by atoms with Crippen molar-refractivity contribution in [3.8, 4) is 0 Å². The summed E-state index contributed by atoms with van der Waals surface area (Å²) in [4.78, 5) is 21.0. The topological polar surface area (TPSA) is 35.9 Å². The summed E-state index contributed by atoms with van der Waals surface area (Å²) in [5, 5.41) is 0. The van der Waals surface area contributed by atoms with Gasteiger partial charge in [0, 0.05) is 26.2 Å². The van der Waals surface area contributed by atoms with Crippen LogP contribution in [0.15, 0.2) is 35.3 Å². The Hall–Kier alpha value is -2.69. The lowest BCUT2D eigenvalue weighted by Gasteiger charge is -2.22. The summed E-state index contributed by atoms with van der Waals surface area (Å²) in [5.41, 5.74) is 4.58. The summed E-state index contributed by atoms with van der Waals surface area (Å²) in [6.07, 6.45) is 1.79. The van der Waals surface area contributed by atoms with Gasteiger partial charge in [-0.1, -0.05) is 12.1 Å². The zero-order valence-corrected chi connectivity index (χ0v) is 17.0. The molecule has 0 aromatic heterocycles. The molecule has 0 aliphatic carbocycles. The van der Waals surface area contributed by atoms with Gasteiger partial charge >= 0.3 is 0 Å². The second-order valence-corrected chi connectivity index (χ2v) is 6.96. The maximum atomic E-state index is 14.2. The van der Waals surface area contributed by atoms with Crippen molar-refractivity contribution in [3.63, 3.8) is 0 Å². The second kappa shape index (κ2) is 8.80. The number of anilines is 1. The number of carbonyl (C=O) groups is 1. The maximum absolute atomic E-state index is 14.2. The van der Waals surface area contributed by atoms with Gasteiger partial charge in [-0.05, 0) is 62.6 Å². The highest BCUT2D eigenvalue weighted by molar-refractivity contribution is 6.01. The Balaban J connectivity index is 2.24. The molecule has 0 atom stereocenters.